The van der Waals surface area contributed by atoms with Crippen molar-refractivity contribution in [2.45, 2.75) is 34.2 Å². The molecule has 8 nitrogen and oxygen atoms in total. The molecule has 172 valence electrons. The van der Waals surface area contributed by atoms with Crippen molar-refractivity contribution in [1.82, 2.24) is 24.1 Å². The minimum atomic E-state index is -0.382. The Kier molecular flexibility index (Phi) is 5.36. The van der Waals surface area contributed by atoms with Crippen LogP contribution in [0, 0.1) is 12.8 Å². The summed E-state index contributed by atoms with van der Waals surface area (Å²) >= 11 is 0. The van der Waals surface area contributed by atoms with E-state index in [0.29, 0.717) is 52.3 Å². The van der Waals surface area contributed by atoms with E-state index in [0.717, 1.165) is 11.2 Å². The number of ether oxygens (including phenoxy) is 1. The molecule has 8 heteroatoms. The van der Waals surface area contributed by atoms with Crippen molar-refractivity contribution in [3.63, 3.8) is 0 Å². The van der Waals surface area contributed by atoms with Gasteiger partial charge in [0.1, 0.15) is 16.7 Å². The van der Waals surface area contributed by atoms with Crippen molar-refractivity contribution in [1.29, 1.82) is 0 Å². The van der Waals surface area contributed by atoms with Crippen LogP contribution in [0.25, 0.3) is 38.9 Å². The topological polar surface area (TPSA) is 91.9 Å². The third-order valence-corrected chi connectivity index (χ3v) is 5.74. The van der Waals surface area contributed by atoms with Crippen molar-refractivity contribution >= 4 is 39.2 Å². The summed E-state index contributed by atoms with van der Waals surface area (Å²) in [5.41, 5.74) is 4.03. The Hall–Kier alpha value is -4.07. The smallest absolute Gasteiger partial charge is 0.338 e. The normalized spacial score (nSPS) is 11.7. The van der Waals surface area contributed by atoms with Crippen LogP contribution in [0.1, 0.15) is 37.0 Å². The number of para-hydroxylation sites is 2. The van der Waals surface area contributed by atoms with Gasteiger partial charge in [0, 0.05) is 12.2 Å². The van der Waals surface area contributed by atoms with E-state index in [-0.39, 0.29) is 17.4 Å². The summed E-state index contributed by atoms with van der Waals surface area (Å²) in [6, 6.07) is 14.6. The largest absolute Gasteiger partial charge is 0.462 e. The van der Waals surface area contributed by atoms with Gasteiger partial charge in [-0.1, -0.05) is 26.0 Å². The lowest BCUT2D eigenvalue weighted by atomic mass is 10.2. The minimum absolute atomic E-state index is 0.132. The zero-order chi connectivity index (χ0) is 24.0. The molecule has 0 N–H and O–H groups in total. The molecule has 0 unspecified atom stereocenters. The Morgan fingerprint density at radius 3 is 2.29 bits per heavy atom. The highest BCUT2D eigenvalue weighted by atomic mass is 16.5. The molecule has 3 heterocycles. The number of benzene rings is 2. The fourth-order valence-electron chi connectivity index (χ4n) is 4.22. The number of rotatable bonds is 5. The lowest BCUT2D eigenvalue weighted by molar-refractivity contribution is 0.0526. The predicted molar refractivity (Wildman–Crippen MR) is 131 cm³/mol. The van der Waals surface area contributed by atoms with E-state index in [1.54, 1.807) is 35.8 Å². The number of aromatic nitrogens is 5. The summed E-state index contributed by atoms with van der Waals surface area (Å²) in [5, 5.41) is 0.439. The summed E-state index contributed by atoms with van der Waals surface area (Å²) in [6.07, 6.45) is 0. The lowest BCUT2D eigenvalue weighted by Gasteiger charge is -2.12. The SMILES string of the molecule is CCOC(=O)c1ccc(-n2c3nc4ccccc4nc3c3c(=O)n(CC(C)C)c(C)nc32)cc1. The van der Waals surface area contributed by atoms with Gasteiger partial charge in [0.25, 0.3) is 5.56 Å². The van der Waals surface area contributed by atoms with Gasteiger partial charge in [-0.2, -0.15) is 0 Å². The summed E-state index contributed by atoms with van der Waals surface area (Å²) < 4.78 is 8.65. The molecule has 0 aliphatic heterocycles. The van der Waals surface area contributed by atoms with E-state index in [2.05, 4.69) is 13.8 Å². The highest BCUT2D eigenvalue weighted by Crippen LogP contribution is 2.29. The lowest BCUT2D eigenvalue weighted by Crippen LogP contribution is -2.26. The van der Waals surface area contributed by atoms with E-state index in [1.807, 2.05) is 35.8 Å². The molecule has 0 saturated carbocycles. The number of fused-ring (bicyclic) bond motifs is 4. The molecule has 0 aliphatic rings. The fourth-order valence-corrected chi connectivity index (χ4v) is 4.22. The Labute approximate surface area is 195 Å². The molecule has 0 amide bonds. The van der Waals surface area contributed by atoms with Gasteiger partial charge >= 0.3 is 5.97 Å². The average Bonchev–Trinajstić information content (AvgIpc) is 3.13. The molecule has 2 aromatic carbocycles. The van der Waals surface area contributed by atoms with Crippen molar-refractivity contribution in [2.24, 2.45) is 5.92 Å². The van der Waals surface area contributed by atoms with E-state index < -0.39 is 0 Å². The monoisotopic (exact) mass is 455 g/mol. The molecule has 0 fully saturated rings. The number of carbonyl (C=O) groups excluding carboxylic acids is 1. The Bertz CT molecular complexity index is 1610. The van der Waals surface area contributed by atoms with E-state index in [4.69, 9.17) is 19.7 Å². The van der Waals surface area contributed by atoms with Crippen LogP contribution in [0.4, 0.5) is 0 Å². The number of carbonyl (C=O) groups is 1. The second kappa shape index (κ2) is 8.37. The molecule has 5 aromatic rings. The maximum absolute atomic E-state index is 13.7. The predicted octanol–water partition coefficient (Wildman–Crippen LogP) is 4.42. The maximum Gasteiger partial charge on any atom is 0.338 e. The first-order valence-electron chi connectivity index (χ1n) is 11.3. The molecule has 3 aromatic heterocycles. The molecule has 5 rings (SSSR count). The van der Waals surface area contributed by atoms with Crippen molar-refractivity contribution in [3.05, 3.63) is 70.3 Å². The van der Waals surface area contributed by atoms with Crippen LogP contribution < -0.4 is 5.56 Å². The second-order valence-electron chi connectivity index (χ2n) is 8.65. The quantitative estimate of drug-likeness (QED) is 0.364. The summed E-state index contributed by atoms with van der Waals surface area (Å²) in [4.78, 5) is 40.3. The minimum Gasteiger partial charge on any atom is -0.462 e. The van der Waals surface area contributed by atoms with Gasteiger partial charge in [-0.15, -0.1) is 0 Å². The first-order chi connectivity index (χ1) is 16.4. The van der Waals surface area contributed by atoms with Gasteiger partial charge in [0.05, 0.1) is 23.2 Å². The molecule has 0 aliphatic carbocycles. The first-order valence-corrected chi connectivity index (χ1v) is 11.3. The highest BCUT2D eigenvalue weighted by molar-refractivity contribution is 6.06. The molecule has 0 radical (unpaired) electrons. The van der Waals surface area contributed by atoms with E-state index in [1.165, 1.54) is 0 Å². The number of hydrogen-bond acceptors (Lipinski definition) is 6. The molecule has 34 heavy (non-hydrogen) atoms. The number of hydrogen-bond donors (Lipinski definition) is 0. The summed E-state index contributed by atoms with van der Waals surface area (Å²) in [7, 11) is 0. The third-order valence-electron chi connectivity index (χ3n) is 5.74. The van der Waals surface area contributed by atoms with Crippen LogP contribution in [-0.4, -0.2) is 36.7 Å². The van der Waals surface area contributed by atoms with Gasteiger partial charge in [-0.25, -0.2) is 19.7 Å². The Morgan fingerprint density at radius 2 is 1.65 bits per heavy atom. The fraction of sp³-hybridized carbons (Fsp3) is 0.269. The summed E-state index contributed by atoms with van der Waals surface area (Å²) in [5.74, 6) is 0.530. The molecule has 0 spiro atoms. The van der Waals surface area contributed by atoms with Gasteiger partial charge < -0.3 is 4.74 Å². The molecule has 0 bridgehead atoms. The zero-order valence-corrected chi connectivity index (χ0v) is 19.6. The van der Waals surface area contributed by atoms with Crippen molar-refractivity contribution in [2.75, 3.05) is 6.61 Å². The van der Waals surface area contributed by atoms with Crippen LogP contribution in [0.2, 0.25) is 0 Å². The molecule has 0 atom stereocenters. The molecular formula is C26H25N5O3. The standard InChI is InChI=1S/C26H25N5O3/c1-5-34-26(33)17-10-12-18(13-11-17)31-23-21(25(32)30(14-15(2)3)16(4)27-23)22-24(31)29-20-9-7-6-8-19(20)28-22/h6-13,15H,5,14H2,1-4H3. The number of nitrogens with zero attached hydrogens (tertiary/aromatic N) is 5. The highest BCUT2D eigenvalue weighted by Gasteiger charge is 2.22. The zero-order valence-electron chi connectivity index (χ0n) is 19.6. The van der Waals surface area contributed by atoms with Gasteiger partial charge in [-0.3, -0.25) is 13.9 Å². The average molecular weight is 456 g/mol. The third kappa shape index (κ3) is 3.51. The second-order valence-corrected chi connectivity index (χ2v) is 8.65. The van der Waals surface area contributed by atoms with E-state index >= 15 is 0 Å². The summed E-state index contributed by atoms with van der Waals surface area (Å²) in [6.45, 7) is 8.62. The van der Waals surface area contributed by atoms with Crippen LogP contribution in [0.15, 0.2) is 53.3 Å². The molecular weight excluding hydrogens is 430 g/mol. The van der Waals surface area contributed by atoms with Crippen LogP contribution in [0.5, 0.6) is 0 Å². The van der Waals surface area contributed by atoms with Crippen LogP contribution in [0.3, 0.4) is 0 Å². The van der Waals surface area contributed by atoms with Crippen LogP contribution >= 0.6 is 0 Å². The van der Waals surface area contributed by atoms with Crippen molar-refractivity contribution < 1.29 is 9.53 Å². The number of aryl methyl sites for hydroxylation is 1. The maximum atomic E-state index is 13.7. The Balaban J connectivity index is 1.85. The van der Waals surface area contributed by atoms with Crippen molar-refractivity contribution in [3.8, 4) is 5.69 Å². The number of esters is 1. The first kappa shape index (κ1) is 21.8. The Morgan fingerprint density at radius 1 is 0.971 bits per heavy atom. The van der Waals surface area contributed by atoms with E-state index in [9.17, 15) is 9.59 Å². The molecule has 0 saturated heterocycles. The van der Waals surface area contributed by atoms with Gasteiger partial charge in [0.2, 0.25) is 0 Å². The van der Waals surface area contributed by atoms with Crippen LogP contribution in [-0.2, 0) is 11.3 Å². The van der Waals surface area contributed by atoms with Gasteiger partial charge in [-0.05, 0) is 56.2 Å². The van der Waals surface area contributed by atoms with Gasteiger partial charge in [0.15, 0.2) is 11.3 Å².